The summed E-state index contributed by atoms with van der Waals surface area (Å²) in [6.07, 6.45) is 4.96. The molecule has 2 rings (SSSR count). The molecule has 2 aromatic carbocycles. The Hall–Kier alpha value is -1.32. The maximum atomic E-state index is 6.45. The van der Waals surface area contributed by atoms with Crippen LogP contribution in [-0.2, 0) is 5.41 Å². The van der Waals surface area contributed by atoms with E-state index in [1.807, 2.05) is 38.1 Å². The molecule has 0 saturated carbocycles. The van der Waals surface area contributed by atoms with E-state index in [1.54, 1.807) is 12.2 Å². The smallest absolute Gasteiger partial charge is 0.156 e. The van der Waals surface area contributed by atoms with E-state index >= 15 is 0 Å². The maximum absolute atomic E-state index is 6.45. The molecule has 2 nitrogen and oxygen atoms in total. The van der Waals surface area contributed by atoms with E-state index in [0.717, 1.165) is 11.1 Å². The molecule has 0 aliphatic heterocycles. The van der Waals surface area contributed by atoms with Crippen molar-refractivity contribution in [3.63, 3.8) is 0 Å². The fourth-order valence-electron chi connectivity index (χ4n) is 2.77. The normalized spacial score (nSPS) is 11.2. The standard InChI is InChI=1S/C23H24Cl4O2/c1-5-7-9-28-21-17(24)11-15(12-18(21)25)23(3,4)16-13-19(26)22(20(27)14-16)29-10-8-6-2/h5-6,11-14H,1-2,7-10H2,3-4H3. The van der Waals surface area contributed by atoms with Gasteiger partial charge in [-0.25, -0.2) is 0 Å². The second kappa shape index (κ2) is 10.6. The topological polar surface area (TPSA) is 18.5 Å². The fourth-order valence-corrected chi connectivity index (χ4v) is 3.96. The lowest BCUT2D eigenvalue weighted by Gasteiger charge is -2.28. The van der Waals surface area contributed by atoms with Gasteiger partial charge in [0.2, 0.25) is 0 Å². The molecular weight excluding hydrogens is 450 g/mol. The minimum atomic E-state index is -0.458. The molecule has 0 saturated heterocycles. The minimum absolute atomic E-state index is 0.450. The first-order chi connectivity index (χ1) is 13.7. The fraction of sp³-hybridized carbons (Fsp3) is 0.304. The summed E-state index contributed by atoms with van der Waals surface area (Å²) in [5, 5.41) is 1.80. The summed E-state index contributed by atoms with van der Waals surface area (Å²) in [5.41, 5.74) is 1.37. The molecule has 0 heterocycles. The number of hydrogen-bond donors (Lipinski definition) is 0. The van der Waals surface area contributed by atoms with Crippen LogP contribution >= 0.6 is 46.4 Å². The van der Waals surface area contributed by atoms with Gasteiger partial charge in [0.15, 0.2) is 11.5 Å². The van der Waals surface area contributed by atoms with Gasteiger partial charge in [0, 0.05) is 5.41 Å². The van der Waals surface area contributed by atoms with Crippen LogP contribution in [0.4, 0.5) is 0 Å². The Morgan fingerprint density at radius 3 is 1.31 bits per heavy atom. The van der Waals surface area contributed by atoms with Crippen LogP contribution in [0.25, 0.3) is 0 Å². The highest BCUT2D eigenvalue weighted by Gasteiger charge is 2.27. The summed E-state index contributed by atoms with van der Waals surface area (Å²) >= 11 is 25.8. The number of halogens is 4. The predicted octanol–water partition coefficient (Wildman–Crippen LogP) is 8.54. The lowest BCUT2D eigenvalue weighted by atomic mass is 9.78. The summed E-state index contributed by atoms with van der Waals surface area (Å²) in [5.74, 6) is 0.938. The van der Waals surface area contributed by atoms with Crippen molar-refractivity contribution < 1.29 is 9.47 Å². The largest absolute Gasteiger partial charge is 0.490 e. The monoisotopic (exact) mass is 472 g/mol. The summed E-state index contributed by atoms with van der Waals surface area (Å²) < 4.78 is 11.4. The third-order valence-electron chi connectivity index (χ3n) is 4.58. The van der Waals surface area contributed by atoms with Gasteiger partial charge in [0.25, 0.3) is 0 Å². The van der Waals surface area contributed by atoms with Gasteiger partial charge in [0.05, 0.1) is 33.3 Å². The van der Waals surface area contributed by atoms with E-state index in [0.29, 0.717) is 57.6 Å². The first-order valence-electron chi connectivity index (χ1n) is 9.18. The van der Waals surface area contributed by atoms with Crippen LogP contribution in [0.3, 0.4) is 0 Å². The van der Waals surface area contributed by atoms with Gasteiger partial charge in [-0.1, -0.05) is 72.4 Å². The van der Waals surface area contributed by atoms with E-state index in [9.17, 15) is 0 Å². The van der Waals surface area contributed by atoms with Crippen molar-refractivity contribution in [1.82, 2.24) is 0 Å². The summed E-state index contributed by atoms with van der Waals surface area (Å²) in [4.78, 5) is 0. The van der Waals surface area contributed by atoms with Crippen molar-refractivity contribution in [2.45, 2.75) is 32.1 Å². The molecule has 0 aliphatic rings. The van der Waals surface area contributed by atoms with Gasteiger partial charge >= 0.3 is 0 Å². The van der Waals surface area contributed by atoms with Crippen molar-refractivity contribution >= 4 is 46.4 Å². The highest BCUT2D eigenvalue weighted by atomic mass is 35.5. The van der Waals surface area contributed by atoms with Gasteiger partial charge < -0.3 is 9.47 Å². The molecule has 0 unspecified atom stereocenters. The summed E-state index contributed by atoms with van der Waals surface area (Å²) in [6.45, 7) is 12.4. The Morgan fingerprint density at radius 2 is 1.03 bits per heavy atom. The van der Waals surface area contributed by atoms with Crippen LogP contribution < -0.4 is 9.47 Å². The minimum Gasteiger partial charge on any atom is -0.490 e. The Labute approximate surface area is 193 Å². The first kappa shape index (κ1) is 24.0. The van der Waals surface area contributed by atoms with Gasteiger partial charge in [0.1, 0.15) is 0 Å². The zero-order chi connectivity index (χ0) is 21.6. The molecule has 0 N–H and O–H groups in total. The number of ether oxygens (including phenoxy) is 2. The van der Waals surface area contributed by atoms with Gasteiger partial charge in [-0.2, -0.15) is 0 Å². The molecule has 6 heteroatoms. The van der Waals surface area contributed by atoms with Gasteiger partial charge in [-0.05, 0) is 48.2 Å². The predicted molar refractivity (Wildman–Crippen MR) is 126 cm³/mol. The second-order valence-corrected chi connectivity index (χ2v) is 8.64. The summed E-state index contributed by atoms with van der Waals surface area (Å²) in [6, 6.07) is 7.42. The second-order valence-electron chi connectivity index (χ2n) is 7.01. The van der Waals surface area contributed by atoms with Crippen LogP contribution in [0.15, 0.2) is 49.6 Å². The number of rotatable bonds is 10. The number of benzene rings is 2. The quantitative estimate of drug-likeness (QED) is 0.254. The third kappa shape index (κ3) is 5.86. The molecule has 0 aromatic heterocycles. The molecule has 0 spiro atoms. The molecule has 0 amide bonds. The maximum Gasteiger partial charge on any atom is 0.156 e. The molecular formula is C23H24Cl4O2. The highest BCUT2D eigenvalue weighted by Crippen LogP contribution is 2.43. The van der Waals surface area contributed by atoms with E-state index in [2.05, 4.69) is 13.2 Å². The average molecular weight is 474 g/mol. The van der Waals surface area contributed by atoms with E-state index in [4.69, 9.17) is 55.9 Å². The van der Waals surface area contributed by atoms with Gasteiger partial charge in [-0.3, -0.25) is 0 Å². The van der Waals surface area contributed by atoms with Crippen LogP contribution in [0, 0.1) is 0 Å². The third-order valence-corrected chi connectivity index (χ3v) is 5.70. The average Bonchev–Trinajstić information content (AvgIpc) is 2.65. The molecule has 0 atom stereocenters. The SMILES string of the molecule is C=CCCOc1c(Cl)cc(C(C)(C)c2cc(Cl)c(OCCC=C)c(Cl)c2)cc1Cl. The van der Waals surface area contributed by atoms with Crippen molar-refractivity contribution in [3.8, 4) is 11.5 Å². The Bertz CT molecular complexity index is 773. The molecule has 0 aliphatic carbocycles. The van der Waals surface area contributed by atoms with Crippen LogP contribution in [0.2, 0.25) is 20.1 Å². The Balaban J connectivity index is 2.37. The van der Waals surface area contributed by atoms with Gasteiger partial charge in [-0.15, -0.1) is 13.2 Å². The Morgan fingerprint density at radius 1 is 0.724 bits per heavy atom. The lowest BCUT2D eigenvalue weighted by Crippen LogP contribution is -2.19. The van der Waals surface area contributed by atoms with Crippen LogP contribution in [0.1, 0.15) is 37.8 Å². The van der Waals surface area contributed by atoms with Crippen molar-refractivity contribution in [1.29, 1.82) is 0 Å². The first-order valence-corrected chi connectivity index (χ1v) is 10.7. The summed E-state index contributed by atoms with van der Waals surface area (Å²) in [7, 11) is 0. The van der Waals surface area contributed by atoms with E-state index in [-0.39, 0.29) is 0 Å². The lowest BCUT2D eigenvalue weighted by molar-refractivity contribution is 0.325. The molecule has 156 valence electrons. The highest BCUT2D eigenvalue weighted by molar-refractivity contribution is 6.38. The molecule has 0 radical (unpaired) electrons. The number of hydrogen-bond acceptors (Lipinski definition) is 2. The van der Waals surface area contributed by atoms with Crippen LogP contribution in [-0.4, -0.2) is 13.2 Å². The molecule has 29 heavy (non-hydrogen) atoms. The van der Waals surface area contributed by atoms with Crippen molar-refractivity contribution in [2.75, 3.05) is 13.2 Å². The molecule has 0 fully saturated rings. The Kier molecular flexibility index (Phi) is 8.78. The zero-order valence-electron chi connectivity index (χ0n) is 16.5. The van der Waals surface area contributed by atoms with Crippen molar-refractivity contribution in [3.05, 3.63) is 80.8 Å². The zero-order valence-corrected chi connectivity index (χ0v) is 19.6. The van der Waals surface area contributed by atoms with Crippen LogP contribution in [0.5, 0.6) is 11.5 Å². The van der Waals surface area contributed by atoms with E-state index < -0.39 is 5.41 Å². The molecule has 2 aromatic rings. The van der Waals surface area contributed by atoms with E-state index in [1.165, 1.54) is 0 Å². The van der Waals surface area contributed by atoms with Crippen molar-refractivity contribution in [2.24, 2.45) is 0 Å². The molecule has 0 bridgehead atoms.